The molecular formula is C14H11Cl2N3O2. The monoisotopic (exact) mass is 323 g/mol. The quantitative estimate of drug-likeness (QED) is 0.803. The summed E-state index contributed by atoms with van der Waals surface area (Å²) in [6, 6.07) is 10.4. The average Bonchev–Trinajstić information content (AvgIpc) is 2.37. The standard InChI is InChI=1S/C14H11Cl2N3O2/c15-9-5-10(16)7-12(6-9)19-14(21)18-11-3-1-8(2-4-11)13(17)20/h1-7H,(H2,17,20)(H2,18,19,21). The third-order valence-electron chi connectivity index (χ3n) is 2.55. The zero-order chi connectivity index (χ0) is 15.4. The molecule has 0 saturated carbocycles. The molecule has 21 heavy (non-hydrogen) atoms. The molecule has 0 heterocycles. The van der Waals surface area contributed by atoms with E-state index in [2.05, 4.69) is 10.6 Å². The summed E-state index contributed by atoms with van der Waals surface area (Å²) in [4.78, 5) is 22.8. The third kappa shape index (κ3) is 4.37. The number of hydrogen-bond acceptors (Lipinski definition) is 2. The lowest BCUT2D eigenvalue weighted by Gasteiger charge is -2.08. The summed E-state index contributed by atoms with van der Waals surface area (Å²) < 4.78 is 0. The lowest BCUT2D eigenvalue weighted by Crippen LogP contribution is -2.19. The first-order chi connectivity index (χ1) is 9.94. The maximum atomic E-state index is 11.8. The summed E-state index contributed by atoms with van der Waals surface area (Å²) in [7, 11) is 0. The SMILES string of the molecule is NC(=O)c1ccc(NC(=O)Nc2cc(Cl)cc(Cl)c2)cc1. The number of nitrogens with one attached hydrogen (secondary N) is 2. The Balaban J connectivity index is 2.02. The van der Waals surface area contributed by atoms with Crippen molar-refractivity contribution in [1.82, 2.24) is 0 Å². The highest BCUT2D eigenvalue weighted by Gasteiger charge is 2.05. The maximum Gasteiger partial charge on any atom is 0.323 e. The Hall–Kier alpha value is -2.24. The molecule has 3 amide bonds. The number of urea groups is 1. The normalized spacial score (nSPS) is 10.0. The van der Waals surface area contributed by atoms with E-state index < -0.39 is 11.9 Å². The molecule has 108 valence electrons. The Morgan fingerprint density at radius 1 is 0.857 bits per heavy atom. The molecule has 0 fully saturated rings. The number of rotatable bonds is 3. The van der Waals surface area contributed by atoms with E-state index in [9.17, 15) is 9.59 Å². The van der Waals surface area contributed by atoms with Gasteiger partial charge in [-0.1, -0.05) is 23.2 Å². The van der Waals surface area contributed by atoms with Crippen molar-refractivity contribution in [1.29, 1.82) is 0 Å². The number of anilines is 2. The van der Waals surface area contributed by atoms with Crippen LogP contribution in [0.1, 0.15) is 10.4 Å². The molecule has 0 bridgehead atoms. The van der Waals surface area contributed by atoms with E-state index in [0.717, 1.165) is 0 Å². The summed E-state index contributed by atoms with van der Waals surface area (Å²) >= 11 is 11.7. The molecular weight excluding hydrogens is 313 g/mol. The number of amides is 3. The van der Waals surface area contributed by atoms with Crippen molar-refractivity contribution in [2.45, 2.75) is 0 Å². The number of carbonyl (C=O) groups excluding carboxylic acids is 2. The van der Waals surface area contributed by atoms with E-state index in [0.29, 0.717) is 27.0 Å². The summed E-state index contributed by atoms with van der Waals surface area (Å²) in [6.45, 7) is 0. The summed E-state index contributed by atoms with van der Waals surface area (Å²) in [6.07, 6.45) is 0. The molecule has 0 unspecified atom stereocenters. The number of benzene rings is 2. The minimum Gasteiger partial charge on any atom is -0.366 e. The first-order valence-corrected chi connectivity index (χ1v) is 6.63. The van der Waals surface area contributed by atoms with Crippen molar-refractivity contribution in [3.63, 3.8) is 0 Å². The minimum absolute atomic E-state index is 0.364. The average molecular weight is 324 g/mol. The van der Waals surface area contributed by atoms with Crippen LogP contribution in [-0.4, -0.2) is 11.9 Å². The smallest absolute Gasteiger partial charge is 0.323 e. The number of halogens is 2. The van der Waals surface area contributed by atoms with Gasteiger partial charge in [0, 0.05) is 27.0 Å². The Morgan fingerprint density at radius 3 is 1.90 bits per heavy atom. The van der Waals surface area contributed by atoms with Crippen LogP contribution in [0.2, 0.25) is 10.0 Å². The zero-order valence-corrected chi connectivity index (χ0v) is 12.2. The lowest BCUT2D eigenvalue weighted by molar-refractivity contribution is 0.100. The first kappa shape index (κ1) is 15.2. The molecule has 0 aromatic heterocycles. The predicted molar refractivity (Wildman–Crippen MR) is 84.1 cm³/mol. The van der Waals surface area contributed by atoms with Crippen molar-refractivity contribution in [3.05, 3.63) is 58.1 Å². The van der Waals surface area contributed by atoms with E-state index in [1.807, 2.05) is 0 Å². The number of hydrogen-bond donors (Lipinski definition) is 3. The topological polar surface area (TPSA) is 84.2 Å². The molecule has 0 aliphatic heterocycles. The number of carbonyl (C=O) groups is 2. The highest BCUT2D eigenvalue weighted by Crippen LogP contribution is 2.22. The molecule has 0 radical (unpaired) electrons. The van der Waals surface area contributed by atoms with Gasteiger partial charge in [0.25, 0.3) is 0 Å². The van der Waals surface area contributed by atoms with Gasteiger partial charge >= 0.3 is 6.03 Å². The van der Waals surface area contributed by atoms with Gasteiger partial charge in [0.15, 0.2) is 0 Å². The summed E-state index contributed by atoms with van der Waals surface area (Å²) in [5.41, 5.74) is 6.49. The van der Waals surface area contributed by atoms with Crippen molar-refractivity contribution < 1.29 is 9.59 Å². The van der Waals surface area contributed by atoms with Crippen molar-refractivity contribution >= 4 is 46.5 Å². The van der Waals surface area contributed by atoms with Gasteiger partial charge in [0.05, 0.1) is 0 Å². The van der Waals surface area contributed by atoms with Crippen molar-refractivity contribution in [3.8, 4) is 0 Å². The van der Waals surface area contributed by atoms with Gasteiger partial charge in [0.2, 0.25) is 5.91 Å². The highest BCUT2D eigenvalue weighted by molar-refractivity contribution is 6.35. The second-order valence-corrected chi connectivity index (χ2v) is 5.05. The van der Waals surface area contributed by atoms with Crippen molar-refractivity contribution in [2.75, 3.05) is 10.6 Å². The Labute approximate surface area is 131 Å². The van der Waals surface area contributed by atoms with Crippen LogP contribution >= 0.6 is 23.2 Å². The van der Waals surface area contributed by atoms with Crippen LogP contribution in [0.3, 0.4) is 0 Å². The van der Waals surface area contributed by atoms with Crippen LogP contribution in [0, 0.1) is 0 Å². The number of nitrogens with two attached hydrogens (primary N) is 1. The van der Waals surface area contributed by atoms with Crippen LogP contribution in [-0.2, 0) is 0 Å². The highest BCUT2D eigenvalue weighted by atomic mass is 35.5. The fourth-order valence-corrected chi connectivity index (χ4v) is 2.16. The van der Waals surface area contributed by atoms with Crippen molar-refractivity contribution in [2.24, 2.45) is 5.73 Å². The zero-order valence-electron chi connectivity index (χ0n) is 10.7. The molecule has 2 rings (SSSR count). The molecule has 0 aliphatic carbocycles. The predicted octanol–water partition coefficient (Wildman–Crippen LogP) is 3.74. The molecule has 0 aliphatic rings. The van der Waals surface area contributed by atoms with Gasteiger partial charge in [-0.3, -0.25) is 4.79 Å². The van der Waals surface area contributed by atoms with Crippen LogP contribution < -0.4 is 16.4 Å². The molecule has 2 aromatic carbocycles. The lowest BCUT2D eigenvalue weighted by atomic mass is 10.2. The Kier molecular flexibility index (Phi) is 4.67. The van der Waals surface area contributed by atoms with Crippen LogP contribution in [0.15, 0.2) is 42.5 Å². The second kappa shape index (κ2) is 6.47. The molecule has 0 saturated heterocycles. The molecule has 7 heteroatoms. The van der Waals surface area contributed by atoms with E-state index >= 15 is 0 Å². The largest absolute Gasteiger partial charge is 0.366 e. The van der Waals surface area contributed by atoms with Crippen LogP contribution in [0.25, 0.3) is 0 Å². The van der Waals surface area contributed by atoms with E-state index in [4.69, 9.17) is 28.9 Å². The molecule has 0 atom stereocenters. The van der Waals surface area contributed by atoms with Gasteiger partial charge < -0.3 is 16.4 Å². The first-order valence-electron chi connectivity index (χ1n) is 5.88. The summed E-state index contributed by atoms with van der Waals surface area (Å²) in [5.74, 6) is -0.528. The van der Waals surface area contributed by atoms with Gasteiger partial charge in [-0.15, -0.1) is 0 Å². The molecule has 4 N–H and O–H groups in total. The fraction of sp³-hybridized carbons (Fsp3) is 0. The minimum atomic E-state index is -0.528. The number of primary amides is 1. The van der Waals surface area contributed by atoms with E-state index in [1.54, 1.807) is 30.3 Å². The van der Waals surface area contributed by atoms with Gasteiger partial charge in [-0.2, -0.15) is 0 Å². The molecule has 0 spiro atoms. The fourth-order valence-electron chi connectivity index (χ4n) is 1.64. The van der Waals surface area contributed by atoms with Crippen LogP contribution in [0.4, 0.5) is 16.2 Å². The molecule has 5 nitrogen and oxygen atoms in total. The van der Waals surface area contributed by atoms with Gasteiger partial charge in [-0.25, -0.2) is 4.79 Å². The summed E-state index contributed by atoms with van der Waals surface area (Å²) in [5, 5.41) is 6.05. The van der Waals surface area contributed by atoms with E-state index in [1.165, 1.54) is 12.1 Å². The van der Waals surface area contributed by atoms with Gasteiger partial charge in [-0.05, 0) is 42.5 Å². The Morgan fingerprint density at radius 2 is 1.38 bits per heavy atom. The maximum absolute atomic E-state index is 11.8. The van der Waals surface area contributed by atoms with Crippen LogP contribution in [0.5, 0.6) is 0 Å². The third-order valence-corrected chi connectivity index (χ3v) is 2.98. The molecule has 2 aromatic rings. The Bertz CT molecular complexity index is 667. The van der Waals surface area contributed by atoms with Gasteiger partial charge in [0.1, 0.15) is 0 Å². The second-order valence-electron chi connectivity index (χ2n) is 4.18. The van der Waals surface area contributed by atoms with E-state index in [-0.39, 0.29) is 0 Å².